The van der Waals surface area contributed by atoms with Gasteiger partial charge in [-0.2, -0.15) is 0 Å². The van der Waals surface area contributed by atoms with Crippen LogP contribution in [0.4, 0.5) is 14.5 Å². The first kappa shape index (κ1) is 13.1. The average Bonchev–Trinajstić information content (AvgIpc) is 2.80. The number of rotatable bonds is 4. The predicted molar refractivity (Wildman–Crippen MR) is 62.9 cm³/mol. The summed E-state index contributed by atoms with van der Waals surface area (Å²) < 4.78 is 27.3. The number of halogens is 2. The van der Waals surface area contributed by atoms with Gasteiger partial charge < -0.3 is 11.1 Å². The molecule has 2 rings (SSSR count). The number of amides is 1. The highest BCUT2D eigenvalue weighted by Gasteiger charge is 2.09. The molecule has 0 saturated carbocycles. The van der Waals surface area contributed by atoms with Crippen LogP contribution in [0.15, 0.2) is 24.4 Å². The first-order valence-electron chi connectivity index (χ1n) is 5.42. The lowest BCUT2D eigenvalue weighted by molar-refractivity contribution is -0.116. The number of anilines is 1. The number of nitrogens with one attached hydrogen (secondary N) is 1. The van der Waals surface area contributed by atoms with Gasteiger partial charge in [-0.05, 0) is 12.1 Å². The Morgan fingerprint density at radius 3 is 2.84 bits per heavy atom. The number of carbonyl (C=O) groups excluding carboxylic acids is 1. The molecule has 3 N–H and O–H groups in total. The summed E-state index contributed by atoms with van der Waals surface area (Å²) in [6.45, 7) is 0.0814. The molecule has 1 amide bonds. The second kappa shape index (κ2) is 5.53. The van der Waals surface area contributed by atoms with Gasteiger partial charge in [0.2, 0.25) is 5.91 Å². The van der Waals surface area contributed by atoms with Crippen LogP contribution in [-0.4, -0.2) is 20.9 Å². The van der Waals surface area contributed by atoms with Crippen molar-refractivity contribution < 1.29 is 13.6 Å². The Bertz CT molecular complexity index is 599. The Morgan fingerprint density at radius 1 is 1.42 bits per heavy atom. The molecule has 0 fully saturated rings. The molecular weight excluding hydrogens is 256 g/mol. The minimum atomic E-state index is -0.838. The molecule has 0 aliphatic heterocycles. The third-order valence-corrected chi connectivity index (χ3v) is 2.31. The van der Waals surface area contributed by atoms with Crippen molar-refractivity contribution in [1.29, 1.82) is 0 Å². The molecule has 0 aliphatic rings. The van der Waals surface area contributed by atoms with Crippen LogP contribution in [0.3, 0.4) is 0 Å². The fraction of sp³-hybridized carbons (Fsp3) is 0.182. The molecule has 2 aromatic rings. The molecule has 19 heavy (non-hydrogen) atoms. The van der Waals surface area contributed by atoms with Crippen LogP contribution in [0.5, 0.6) is 0 Å². The van der Waals surface area contributed by atoms with Crippen LogP contribution < -0.4 is 11.1 Å². The van der Waals surface area contributed by atoms with Gasteiger partial charge in [0.05, 0.1) is 17.6 Å². The Balaban J connectivity index is 2.01. The maximum atomic E-state index is 13.3. The molecule has 0 saturated heterocycles. The number of hydrogen-bond donors (Lipinski definition) is 2. The summed E-state index contributed by atoms with van der Waals surface area (Å²) in [5.41, 5.74) is 5.80. The molecule has 1 aromatic carbocycles. The molecule has 100 valence electrons. The highest BCUT2D eigenvalue weighted by molar-refractivity contribution is 5.90. The maximum Gasteiger partial charge on any atom is 0.246 e. The summed E-state index contributed by atoms with van der Waals surface area (Å²) in [5, 5.41) is 9.70. The summed E-state index contributed by atoms with van der Waals surface area (Å²) in [6, 6.07) is 2.90. The van der Waals surface area contributed by atoms with Crippen LogP contribution in [0.25, 0.3) is 0 Å². The molecule has 0 aliphatic carbocycles. The Morgan fingerprint density at radius 2 is 2.21 bits per heavy atom. The van der Waals surface area contributed by atoms with E-state index in [-0.39, 0.29) is 18.8 Å². The number of hydrogen-bond acceptors (Lipinski definition) is 4. The molecule has 1 heterocycles. The standard InChI is InChI=1S/C11H11F2N5O/c12-7-1-2-10(9(13)3-7)15-11(19)6-18-5-8(4-14)16-17-18/h1-3,5H,4,6,14H2,(H,15,19). The highest BCUT2D eigenvalue weighted by Crippen LogP contribution is 2.14. The third kappa shape index (κ3) is 3.32. The van der Waals surface area contributed by atoms with Crippen LogP contribution in [0, 0.1) is 11.6 Å². The zero-order chi connectivity index (χ0) is 13.8. The van der Waals surface area contributed by atoms with Gasteiger partial charge in [-0.3, -0.25) is 4.79 Å². The van der Waals surface area contributed by atoms with Gasteiger partial charge in [-0.1, -0.05) is 5.21 Å². The number of aromatic nitrogens is 3. The molecule has 8 heteroatoms. The van der Waals surface area contributed by atoms with E-state index in [1.54, 1.807) is 0 Å². The van der Waals surface area contributed by atoms with E-state index in [1.165, 1.54) is 10.9 Å². The van der Waals surface area contributed by atoms with E-state index < -0.39 is 17.5 Å². The van der Waals surface area contributed by atoms with Crippen LogP contribution >= 0.6 is 0 Å². The van der Waals surface area contributed by atoms with Gasteiger partial charge >= 0.3 is 0 Å². The summed E-state index contributed by atoms with van der Waals surface area (Å²) in [4.78, 5) is 11.6. The third-order valence-electron chi connectivity index (χ3n) is 2.31. The fourth-order valence-electron chi connectivity index (χ4n) is 1.44. The normalized spacial score (nSPS) is 10.5. The second-order valence-electron chi connectivity index (χ2n) is 3.78. The Labute approximate surface area is 107 Å². The quantitative estimate of drug-likeness (QED) is 0.851. The van der Waals surface area contributed by atoms with Crippen molar-refractivity contribution in [2.75, 3.05) is 5.32 Å². The lowest BCUT2D eigenvalue weighted by Crippen LogP contribution is -2.19. The molecule has 0 bridgehead atoms. The number of nitrogens with zero attached hydrogens (tertiary/aromatic N) is 3. The smallest absolute Gasteiger partial charge is 0.246 e. The molecular formula is C11H11F2N5O. The van der Waals surface area contributed by atoms with E-state index in [1.807, 2.05) is 0 Å². The second-order valence-corrected chi connectivity index (χ2v) is 3.78. The van der Waals surface area contributed by atoms with Crippen LogP contribution in [0.1, 0.15) is 5.69 Å². The van der Waals surface area contributed by atoms with Crippen molar-refractivity contribution in [2.45, 2.75) is 13.1 Å². The van der Waals surface area contributed by atoms with Gasteiger partial charge in [0.25, 0.3) is 0 Å². The summed E-state index contributed by atoms with van der Waals surface area (Å²) in [6.07, 6.45) is 1.51. The molecule has 0 unspecified atom stereocenters. The van der Waals surface area contributed by atoms with E-state index in [0.717, 1.165) is 12.1 Å². The van der Waals surface area contributed by atoms with Crippen LogP contribution in [0.2, 0.25) is 0 Å². The lowest BCUT2D eigenvalue weighted by atomic mass is 10.3. The van der Waals surface area contributed by atoms with Crippen LogP contribution in [-0.2, 0) is 17.9 Å². The van der Waals surface area contributed by atoms with E-state index in [2.05, 4.69) is 15.6 Å². The minimum Gasteiger partial charge on any atom is -0.325 e. The summed E-state index contributed by atoms with van der Waals surface area (Å²) in [5.74, 6) is -2.05. The molecule has 6 nitrogen and oxygen atoms in total. The molecule has 0 spiro atoms. The monoisotopic (exact) mass is 267 g/mol. The van der Waals surface area contributed by atoms with E-state index in [4.69, 9.17) is 5.73 Å². The summed E-state index contributed by atoms with van der Waals surface area (Å²) in [7, 11) is 0. The maximum absolute atomic E-state index is 13.3. The fourth-order valence-corrected chi connectivity index (χ4v) is 1.44. The highest BCUT2D eigenvalue weighted by atomic mass is 19.1. The van der Waals surface area contributed by atoms with Gasteiger partial charge in [-0.15, -0.1) is 5.10 Å². The van der Waals surface area contributed by atoms with Gasteiger partial charge in [0.1, 0.15) is 18.2 Å². The number of nitrogens with two attached hydrogens (primary N) is 1. The Hall–Kier alpha value is -2.35. The lowest BCUT2D eigenvalue weighted by Gasteiger charge is -2.06. The minimum absolute atomic E-state index is 0.0921. The van der Waals surface area contributed by atoms with Crippen molar-refractivity contribution in [3.05, 3.63) is 41.7 Å². The first-order chi connectivity index (χ1) is 9.08. The van der Waals surface area contributed by atoms with Crippen molar-refractivity contribution in [3.8, 4) is 0 Å². The predicted octanol–water partition coefficient (Wildman–Crippen LogP) is 0.654. The van der Waals surface area contributed by atoms with Gasteiger partial charge in [-0.25, -0.2) is 13.5 Å². The zero-order valence-electron chi connectivity index (χ0n) is 9.81. The van der Waals surface area contributed by atoms with E-state index in [9.17, 15) is 13.6 Å². The summed E-state index contributed by atoms with van der Waals surface area (Å²) >= 11 is 0. The van der Waals surface area contributed by atoms with Crippen molar-refractivity contribution in [3.63, 3.8) is 0 Å². The Kier molecular flexibility index (Phi) is 3.81. The molecule has 0 radical (unpaired) electrons. The first-order valence-corrected chi connectivity index (χ1v) is 5.42. The van der Waals surface area contributed by atoms with E-state index in [0.29, 0.717) is 11.8 Å². The average molecular weight is 267 g/mol. The SMILES string of the molecule is NCc1cn(CC(=O)Nc2ccc(F)cc2F)nn1. The molecule has 0 atom stereocenters. The number of carbonyl (C=O) groups is 1. The molecule has 1 aromatic heterocycles. The van der Waals surface area contributed by atoms with Gasteiger partial charge in [0.15, 0.2) is 0 Å². The van der Waals surface area contributed by atoms with Crippen molar-refractivity contribution in [2.24, 2.45) is 5.73 Å². The topological polar surface area (TPSA) is 85.8 Å². The van der Waals surface area contributed by atoms with Crippen molar-refractivity contribution in [1.82, 2.24) is 15.0 Å². The zero-order valence-corrected chi connectivity index (χ0v) is 9.81. The number of benzene rings is 1. The van der Waals surface area contributed by atoms with E-state index >= 15 is 0 Å². The largest absolute Gasteiger partial charge is 0.325 e. The van der Waals surface area contributed by atoms with Crippen molar-refractivity contribution >= 4 is 11.6 Å². The van der Waals surface area contributed by atoms with Gasteiger partial charge in [0, 0.05) is 12.6 Å².